The van der Waals surface area contributed by atoms with Crippen LogP contribution in [0.1, 0.15) is 19.3 Å². The molecule has 0 radical (unpaired) electrons. The lowest BCUT2D eigenvalue weighted by atomic mass is 9.66. The highest BCUT2D eigenvalue weighted by Gasteiger charge is 2.56. The third kappa shape index (κ3) is 0.571. The molecule has 4 saturated carbocycles. The maximum Gasteiger partial charge on any atom is -0.0134 e. The first kappa shape index (κ1) is 6.05. The average Bonchev–Trinajstić information content (AvgIpc) is 2.76. The van der Waals surface area contributed by atoms with E-state index in [0.717, 1.165) is 23.7 Å². The summed E-state index contributed by atoms with van der Waals surface area (Å²) in [5.41, 5.74) is 2.81. The van der Waals surface area contributed by atoms with Crippen molar-refractivity contribution in [1.82, 2.24) is 0 Å². The minimum atomic E-state index is 0.845. The van der Waals surface area contributed by atoms with Crippen LogP contribution in [0.2, 0.25) is 0 Å². The predicted molar refractivity (Wildman–Crippen MR) is 46.1 cm³/mol. The molecule has 0 saturated heterocycles. The Morgan fingerprint density at radius 3 is 1.82 bits per heavy atom. The van der Waals surface area contributed by atoms with Gasteiger partial charge in [0.25, 0.3) is 0 Å². The van der Waals surface area contributed by atoms with Crippen molar-refractivity contribution >= 4 is 0 Å². The molecule has 0 amide bonds. The lowest BCUT2D eigenvalue weighted by molar-refractivity contribution is 0.276. The Hall–Kier alpha value is -0.520. The molecule has 0 aromatic heterocycles. The molecular weight excluding hydrogens is 132 g/mol. The smallest absolute Gasteiger partial charge is 0.0134 e. The first-order valence-electron chi connectivity index (χ1n) is 4.67. The average molecular weight is 146 g/mol. The zero-order valence-corrected chi connectivity index (χ0v) is 6.84. The van der Waals surface area contributed by atoms with Crippen LogP contribution in [-0.4, -0.2) is 0 Å². The van der Waals surface area contributed by atoms with Gasteiger partial charge in [0.2, 0.25) is 0 Å². The SMILES string of the molecule is C=C1C(=C)[C@@H]2CC[C@H]1[C@H]1C[C@H]12. The van der Waals surface area contributed by atoms with Gasteiger partial charge in [0, 0.05) is 0 Å². The Balaban J connectivity index is 2.06. The molecule has 4 aliphatic carbocycles. The van der Waals surface area contributed by atoms with Crippen molar-refractivity contribution in [1.29, 1.82) is 0 Å². The fourth-order valence-electron chi connectivity index (χ4n) is 3.29. The monoisotopic (exact) mass is 146 g/mol. The Labute approximate surface area is 68.0 Å². The summed E-state index contributed by atoms with van der Waals surface area (Å²) in [5, 5.41) is 0. The molecule has 0 aromatic carbocycles. The van der Waals surface area contributed by atoms with Gasteiger partial charge < -0.3 is 0 Å². The van der Waals surface area contributed by atoms with E-state index >= 15 is 0 Å². The van der Waals surface area contributed by atoms with Crippen LogP contribution < -0.4 is 0 Å². The van der Waals surface area contributed by atoms with Crippen LogP contribution in [0.25, 0.3) is 0 Å². The van der Waals surface area contributed by atoms with Crippen molar-refractivity contribution in [2.24, 2.45) is 23.7 Å². The molecule has 0 aliphatic heterocycles. The maximum atomic E-state index is 4.16. The molecule has 0 nitrogen and oxygen atoms in total. The molecule has 0 spiro atoms. The van der Waals surface area contributed by atoms with E-state index < -0.39 is 0 Å². The maximum absolute atomic E-state index is 4.16. The van der Waals surface area contributed by atoms with E-state index in [1.165, 1.54) is 30.4 Å². The zero-order chi connectivity index (χ0) is 7.59. The molecule has 0 N–H and O–H groups in total. The molecule has 4 aliphatic rings. The fraction of sp³-hybridized carbons (Fsp3) is 0.636. The number of fused-ring (bicyclic) bond motifs is 2. The largest absolute Gasteiger partial charge is 0.0953 e. The van der Waals surface area contributed by atoms with Gasteiger partial charge >= 0.3 is 0 Å². The third-order valence-corrected chi connectivity index (χ3v) is 4.02. The molecule has 11 heavy (non-hydrogen) atoms. The van der Waals surface area contributed by atoms with Gasteiger partial charge in [-0.2, -0.15) is 0 Å². The molecule has 0 heterocycles. The third-order valence-electron chi connectivity index (χ3n) is 4.02. The summed E-state index contributed by atoms with van der Waals surface area (Å²) in [6.07, 6.45) is 4.29. The molecule has 4 fully saturated rings. The minimum absolute atomic E-state index is 0.845. The minimum Gasteiger partial charge on any atom is -0.0953 e. The molecule has 0 heteroatoms. The second kappa shape index (κ2) is 1.63. The lowest BCUT2D eigenvalue weighted by Gasteiger charge is -2.39. The van der Waals surface area contributed by atoms with Crippen molar-refractivity contribution in [3.05, 3.63) is 24.3 Å². The van der Waals surface area contributed by atoms with Crippen LogP contribution in [0, 0.1) is 23.7 Å². The highest BCUT2D eigenvalue weighted by Crippen LogP contribution is 2.65. The molecule has 4 rings (SSSR count). The van der Waals surface area contributed by atoms with Crippen LogP contribution >= 0.6 is 0 Å². The van der Waals surface area contributed by atoms with E-state index in [1.807, 2.05) is 0 Å². The van der Waals surface area contributed by atoms with Crippen LogP contribution in [0.15, 0.2) is 24.3 Å². The van der Waals surface area contributed by atoms with E-state index in [9.17, 15) is 0 Å². The highest BCUT2D eigenvalue weighted by atomic mass is 14.6. The van der Waals surface area contributed by atoms with E-state index in [1.54, 1.807) is 0 Å². The Bertz CT molecular complexity index is 223. The molecule has 4 atom stereocenters. The summed E-state index contributed by atoms with van der Waals surface area (Å²) in [4.78, 5) is 0. The number of hydrogen-bond donors (Lipinski definition) is 0. The number of hydrogen-bond acceptors (Lipinski definition) is 0. The Morgan fingerprint density at radius 1 is 0.909 bits per heavy atom. The summed E-state index contributed by atoms with van der Waals surface area (Å²) in [5.74, 6) is 3.76. The fourth-order valence-corrected chi connectivity index (χ4v) is 3.29. The topological polar surface area (TPSA) is 0 Å². The first-order valence-corrected chi connectivity index (χ1v) is 4.67. The van der Waals surface area contributed by atoms with E-state index in [-0.39, 0.29) is 0 Å². The van der Waals surface area contributed by atoms with Crippen molar-refractivity contribution in [2.45, 2.75) is 19.3 Å². The number of allylic oxidation sites excluding steroid dienone is 2. The van der Waals surface area contributed by atoms with Crippen LogP contribution in [-0.2, 0) is 0 Å². The molecular formula is C11H14. The number of rotatable bonds is 0. The second-order valence-corrected chi connectivity index (χ2v) is 4.40. The molecule has 58 valence electrons. The van der Waals surface area contributed by atoms with E-state index in [0.29, 0.717) is 0 Å². The van der Waals surface area contributed by atoms with Gasteiger partial charge in [0.15, 0.2) is 0 Å². The van der Waals surface area contributed by atoms with Gasteiger partial charge in [-0.3, -0.25) is 0 Å². The van der Waals surface area contributed by atoms with Crippen molar-refractivity contribution in [2.75, 3.05) is 0 Å². The van der Waals surface area contributed by atoms with Gasteiger partial charge in [0.1, 0.15) is 0 Å². The highest BCUT2D eigenvalue weighted by molar-refractivity contribution is 5.40. The Morgan fingerprint density at radius 2 is 1.36 bits per heavy atom. The summed E-state index contributed by atoms with van der Waals surface area (Å²) >= 11 is 0. The van der Waals surface area contributed by atoms with Gasteiger partial charge in [0.05, 0.1) is 0 Å². The van der Waals surface area contributed by atoms with Gasteiger partial charge in [-0.05, 0) is 54.1 Å². The molecule has 0 aromatic rings. The summed E-state index contributed by atoms with van der Waals surface area (Å²) in [6, 6.07) is 0. The molecule has 2 bridgehead atoms. The van der Waals surface area contributed by atoms with Crippen molar-refractivity contribution < 1.29 is 0 Å². The molecule has 0 unspecified atom stereocenters. The van der Waals surface area contributed by atoms with Crippen LogP contribution in [0.4, 0.5) is 0 Å². The zero-order valence-electron chi connectivity index (χ0n) is 6.84. The summed E-state index contributed by atoms with van der Waals surface area (Å²) in [7, 11) is 0. The van der Waals surface area contributed by atoms with Crippen LogP contribution in [0.5, 0.6) is 0 Å². The van der Waals surface area contributed by atoms with Gasteiger partial charge in [-0.1, -0.05) is 13.2 Å². The van der Waals surface area contributed by atoms with Crippen molar-refractivity contribution in [3.8, 4) is 0 Å². The predicted octanol–water partition coefficient (Wildman–Crippen LogP) is 2.77. The van der Waals surface area contributed by atoms with E-state index in [4.69, 9.17) is 0 Å². The van der Waals surface area contributed by atoms with Gasteiger partial charge in [-0.25, -0.2) is 0 Å². The summed E-state index contributed by atoms with van der Waals surface area (Å²) in [6.45, 7) is 8.31. The standard InChI is InChI=1S/C11H14/c1-6-7(2)9-4-3-8(6)10-5-11(9)10/h8-11H,1-5H2/t8-,9+,10-,11+. The van der Waals surface area contributed by atoms with E-state index in [2.05, 4.69) is 13.2 Å². The van der Waals surface area contributed by atoms with Crippen molar-refractivity contribution in [3.63, 3.8) is 0 Å². The quantitative estimate of drug-likeness (QED) is 0.493. The lowest BCUT2D eigenvalue weighted by Crippen LogP contribution is -2.28. The second-order valence-electron chi connectivity index (χ2n) is 4.40. The van der Waals surface area contributed by atoms with Gasteiger partial charge in [-0.15, -0.1) is 0 Å². The van der Waals surface area contributed by atoms with Crippen LogP contribution in [0.3, 0.4) is 0 Å². The summed E-state index contributed by atoms with van der Waals surface area (Å²) < 4.78 is 0. The normalized spacial score (nSPS) is 52.7. The first-order chi connectivity index (χ1) is 5.29. The Kier molecular flexibility index (Phi) is 0.894.